The average Bonchev–Trinajstić information content (AvgIpc) is 2.58. The Morgan fingerprint density at radius 3 is 2.54 bits per heavy atom. The second-order valence-corrected chi connectivity index (χ2v) is 15.8. The fourth-order valence-corrected chi connectivity index (χ4v) is 4.51. The zero-order valence-electron chi connectivity index (χ0n) is 16.4. The van der Waals surface area contributed by atoms with Crippen molar-refractivity contribution in [2.45, 2.75) is 32.4 Å². The van der Waals surface area contributed by atoms with Gasteiger partial charge in [0.25, 0.3) is 5.56 Å². The highest BCUT2D eigenvalue weighted by Gasteiger charge is 2.25. The number of carbonyl (C=O) groups is 1. The Kier molecular flexibility index (Phi) is 7.18. The number of aromatic nitrogens is 2. The maximum atomic E-state index is 12.8. The molecular weight excluding hydrogens is 402 g/mol. The third-order valence-electron chi connectivity index (χ3n) is 4.24. The molecule has 1 saturated heterocycles. The zero-order valence-corrected chi connectivity index (χ0v) is 18.2. The summed E-state index contributed by atoms with van der Waals surface area (Å²) in [5.74, 6) is -1.11. The van der Waals surface area contributed by atoms with Crippen LogP contribution in [-0.4, -0.2) is 68.3 Å². The highest BCUT2D eigenvalue weighted by molar-refractivity contribution is 7.91. The number of sulfone groups is 1. The molecule has 2 heterocycles. The van der Waals surface area contributed by atoms with E-state index in [1.165, 1.54) is 16.8 Å². The number of rotatable bonds is 8. The lowest BCUT2D eigenvalue weighted by molar-refractivity contribution is -0.131. The number of nitrogens with zero attached hydrogens (tertiary/aromatic N) is 3. The molecule has 11 heteroatoms. The van der Waals surface area contributed by atoms with Gasteiger partial charge in [-0.15, -0.1) is 0 Å². The number of hydrogen-bond acceptors (Lipinski definition) is 7. The van der Waals surface area contributed by atoms with Gasteiger partial charge in [0, 0.05) is 40.0 Å². The van der Waals surface area contributed by atoms with Crippen molar-refractivity contribution >= 4 is 35.8 Å². The first-order chi connectivity index (χ1) is 13.0. The van der Waals surface area contributed by atoms with Crippen molar-refractivity contribution in [2.24, 2.45) is 0 Å². The number of anilines is 1. The Morgan fingerprint density at radius 1 is 1.32 bits per heavy atom. The molecule has 2 rings (SSSR count). The summed E-state index contributed by atoms with van der Waals surface area (Å²) < 4.78 is 30.3. The lowest BCUT2D eigenvalue weighted by Crippen LogP contribution is -2.44. The SMILES string of the molecule is C[Si](C)(C)CCOCn1cc(/C=C/C(=O)O)nc(N2CCS(=O)(=O)CC2)c1=O. The van der Waals surface area contributed by atoms with E-state index in [0.29, 0.717) is 12.3 Å². The van der Waals surface area contributed by atoms with E-state index in [-0.39, 0.29) is 42.7 Å². The van der Waals surface area contributed by atoms with Gasteiger partial charge in [0.15, 0.2) is 15.7 Å². The summed E-state index contributed by atoms with van der Waals surface area (Å²) in [4.78, 5) is 29.5. The fourth-order valence-electron chi connectivity index (χ4n) is 2.55. The van der Waals surface area contributed by atoms with E-state index in [4.69, 9.17) is 9.84 Å². The van der Waals surface area contributed by atoms with Crippen LogP contribution in [0.25, 0.3) is 6.08 Å². The van der Waals surface area contributed by atoms with Gasteiger partial charge in [-0.25, -0.2) is 18.2 Å². The molecule has 1 aliphatic rings. The molecular formula is C17H27N3O6SSi. The Morgan fingerprint density at radius 2 is 1.96 bits per heavy atom. The second-order valence-electron chi connectivity index (χ2n) is 7.92. The molecule has 1 aliphatic heterocycles. The molecule has 0 radical (unpaired) electrons. The Bertz CT molecular complexity index is 890. The van der Waals surface area contributed by atoms with E-state index in [0.717, 1.165) is 12.1 Å². The Hall–Kier alpha value is -1.98. The summed E-state index contributed by atoms with van der Waals surface area (Å²) in [6.45, 7) is 7.59. The van der Waals surface area contributed by atoms with Crippen LogP contribution in [0.3, 0.4) is 0 Å². The molecule has 0 spiro atoms. The topological polar surface area (TPSA) is 119 Å². The van der Waals surface area contributed by atoms with Gasteiger partial charge in [-0.1, -0.05) is 19.6 Å². The van der Waals surface area contributed by atoms with Gasteiger partial charge in [-0.2, -0.15) is 0 Å². The van der Waals surface area contributed by atoms with Crippen molar-refractivity contribution in [1.82, 2.24) is 9.55 Å². The maximum Gasteiger partial charge on any atom is 0.328 e. The zero-order chi connectivity index (χ0) is 20.9. The predicted molar refractivity (Wildman–Crippen MR) is 110 cm³/mol. The number of ether oxygens (including phenoxy) is 1. The molecule has 9 nitrogen and oxygen atoms in total. The predicted octanol–water partition coefficient (Wildman–Crippen LogP) is 0.888. The molecule has 28 heavy (non-hydrogen) atoms. The minimum Gasteiger partial charge on any atom is -0.478 e. The van der Waals surface area contributed by atoms with Crippen LogP contribution < -0.4 is 10.5 Å². The van der Waals surface area contributed by atoms with Crippen LogP contribution in [-0.2, 0) is 26.1 Å². The first-order valence-electron chi connectivity index (χ1n) is 9.02. The number of aliphatic carboxylic acids is 1. The summed E-state index contributed by atoms with van der Waals surface area (Å²) in [5, 5.41) is 8.84. The van der Waals surface area contributed by atoms with Crippen molar-refractivity contribution in [3.05, 3.63) is 28.3 Å². The van der Waals surface area contributed by atoms with Crippen molar-refractivity contribution in [3.63, 3.8) is 0 Å². The van der Waals surface area contributed by atoms with Gasteiger partial charge < -0.3 is 14.7 Å². The van der Waals surface area contributed by atoms with E-state index < -0.39 is 23.9 Å². The first kappa shape index (κ1) is 22.3. The molecule has 0 amide bonds. The molecule has 156 valence electrons. The van der Waals surface area contributed by atoms with E-state index in [1.807, 2.05) is 0 Å². The molecule has 1 fully saturated rings. The number of hydrogen-bond donors (Lipinski definition) is 1. The minimum atomic E-state index is -3.10. The Balaban J connectivity index is 2.26. The molecule has 0 aromatic carbocycles. The molecule has 1 aromatic heterocycles. The molecule has 1 N–H and O–H groups in total. The lowest BCUT2D eigenvalue weighted by Gasteiger charge is -2.27. The summed E-state index contributed by atoms with van der Waals surface area (Å²) >= 11 is 0. The lowest BCUT2D eigenvalue weighted by atomic mass is 10.3. The fraction of sp³-hybridized carbons (Fsp3) is 0.588. The van der Waals surface area contributed by atoms with Crippen LogP contribution in [0, 0.1) is 0 Å². The van der Waals surface area contributed by atoms with Crippen molar-refractivity contribution < 1.29 is 23.1 Å². The first-order valence-corrected chi connectivity index (χ1v) is 14.6. The van der Waals surface area contributed by atoms with Gasteiger partial charge >= 0.3 is 5.97 Å². The summed E-state index contributed by atoms with van der Waals surface area (Å²) in [5.41, 5.74) is -0.0981. The van der Waals surface area contributed by atoms with Crippen LogP contribution in [0.1, 0.15) is 5.69 Å². The molecule has 1 aromatic rings. The van der Waals surface area contributed by atoms with Crippen molar-refractivity contribution in [2.75, 3.05) is 36.1 Å². The van der Waals surface area contributed by atoms with E-state index in [2.05, 4.69) is 24.6 Å². The number of carboxylic acids is 1. The summed E-state index contributed by atoms with van der Waals surface area (Å²) in [7, 11) is -4.36. The Labute approximate surface area is 165 Å². The van der Waals surface area contributed by atoms with Crippen LogP contribution in [0.4, 0.5) is 5.82 Å². The normalized spacial score (nSPS) is 17.2. The number of carboxylic acid groups (broad SMARTS) is 1. The highest BCUT2D eigenvalue weighted by atomic mass is 32.2. The largest absolute Gasteiger partial charge is 0.478 e. The molecule has 0 saturated carbocycles. The molecule has 0 unspecified atom stereocenters. The van der Waals surface area contributed by atoms with Crippen LogP contribution in [0.15, 0.2) is 17.1 Å². The van der Waals surface area contributed by atoms with Crippen LogP contribution in [0.2, 0.25) is 25.7 Å². The molecule has 0 bridgehead atoms. The highest BCUT2D eigenvalue weighted by Crippen LogP contribution is 2.13. The smallest absolute Gasteiger partial charge is 0.328 e. The van der Waals surface area contributed by atoms with Gasteiger partial charge in [-0.3, -0.25) is 9.36 Å². The van der Waals surface area contributed by atoms with Gasteiger partial charge in [-0.05, 0) is 12.1 Å². The third kappa shape index (κ3) is 6.88. The van der Waals surface area contributed by atoms with Crippen LogP contribution in [0.5, 0.6) is 0 Å². The summed E-state index contributed by atoms with van der Waals surface area (Å²) in [6.07, 6.45) is 3.68. The van der Waals surface area contributed by atoms with Crippen molar-refractivity contribution in [1.29, 1.82) is 0 Å². The van der Waals surface area contributed by atoms with Gasteiger partial charge in [0.05, 0.1) is 17.2 Å². The van der Waals surface area contributed by atoms with Crippen LogP contribution >= 0.6 is 0 Å². The second kappa shape index (κ2) is 9.01. The molecule has 0 atom stereocenters. The standard InChI is InChI=1S/C17H27N3O6SSi/c1-28(2,3)11-8-26-13-20-12-14(4-5-15(21)22)18-16(17(20)23)19-6-9-27(24,25)10-7-19/h4-5,12H,6-11,13H2,1-3H3,(H,21,22)/b5-4+. The van der Waals surface area contributed by atoms with Gasteiger partial charge in [0.2, 0.25) is 0 Å². The maximum absolute atomic E-state index is 12.8. The third-order valence-corrected chi connectivity index (χ3v) is 7.56. The molecule has 0 aliphatic carbocycles. The summed E-state index contributed by atoms with van der Waals surface area (Å²) in [6, 6.07) is 0.954. The average molecular weight is 430 g/mol. The minimum absolute atomic E-state index is 0.0267. The van der Waals surface area contributed by atoms with Crippen molar-refractivity contribution in [3.8, 4) is 0 Å². The van der Waals surface area contributed by atoms with E-state index in [9.17, 15) is 18.0 Å². The monoisotopic (exact) mass is 429 g/mol. The van der Waals surface area contributed by atoms with E-state index >= 15 is 0 Å². The quantitative estimate of drug-likeness (QED) is 0.368. The van der Waals surface area contributed by atoms with E-state index in [1.54, 1.807) is 4.90 Å². The van der Waals surface area contributed by atoms with Gasteiger partial charge in [0.1, 0.15) is 6.73 Å².